The van der Waals surface area contributed by atoms with Crippen LogP contribution in [0.25, 0.3) is 11.4 Å². The largest absolute Gasteiger partial charge is 0.497 e. The number of nitrogens with one attached hydrogen (secondary N) is 1. The number of nitrogens with zero attached hydrogens (tertiary/aromatic N) is 2. The van der Waals surface area contributed by atoms with Crippen molar-refractivity contribution in [1.29, 1.82) is 0 Å². The summed E-state index contributed by atoms with van der Waals surface area (Å²) in [5.74, 6) is 0.788. The van der Waals surface area contributed by atoms with Gasteiger partial charge in [0.15, 0.2) is 0 Å². The van der Waals surface area contributed by atoms with Crippen molar-refractivity contribution in [2.75, 3.05) is 20.2 Å². The minimum atomic E-state index is -0.800. The molecule has 110 valence electrons. The van der Waals surface area contributed by atoms with Gasteiger partial charge in [0, 0.05) is 25.1 Å². The van der Waals surface area contributed by atoms with Crippen LogP contribution < -0.4 is 4.74 Å². The summed E-state index contributed by atoms with van der Waals surface area (Å²) >= 11 is 0. The Morgan fingerprint density at radius 1 is 1.52 bits per heavy atom. The number of carbonyl (C=O) groups is 1. The van der Waals surface area contributed by atoms with E-state index in [4.69, 9.17) is 9.84 Å². The molecule has 0 aliphatic carbocycles. The summed E-state index contributed by atoms with van der Waals surface area (Å²) in [4.78, 5) is 20.6. The molecule has 2 N–H and O–H groups in total. The van der Waals surface area contributed by atoms with Gasteiger partial charge in [-0.1, -0.05) is 12.1 Å². The van der Waals surface area contributed by atoms with E-state index in [1.54, 1.807) is 7.11 Å². The monoisotopic (exact) mass is 287 g/mol. The van der Waals surface area contributed by atoms with Gasteiger partial charge in [-0.15, -0.1) is 0 Å². The number of rotatable bonds is 4. The van der Waals surface area contributed by atoms with E-state index in [1.165, 1.54) is 0 Å². The maximum absolute atomic E-state index is 10.8. The Bertz CT molecular complexity index is 666. The second-order valence-corrected chi connectivity index (χ2v) is 5.10. The maximum atomic E-state index is 10.8. The average Bonchev–Trinajstić information content (AvgIpc) is 2.90. The topological polar surface area (TPSA) is 78.5 Å². The second kappa shape index (κ2) is 5.57. The van der Waals surface area contributed by atoms with Crippen LogP contribution >= 0.6 is 0 Å². The maximum Gasteiger partial charge on any atom is 0.317 e. The lowest BCUT2D eigenvalue weighted by atomic mass is 10.1. The molecule has 0 saturated heterocycles. The Balaban J connectivity index is 1.84. The van der Waals surface area contributed by atoms with Crippen molar-refractivity contribution in [3.8, 4) is 17.1 Å². The van der Waals surface area contributed by atoms with Gasteiger partial charge in [0.05, 0.1) is 25.0 Å². The first kappa shape index (κ1) is 13.6. The molecule has 0 saturated carbocycles. The molecule has 0 amide bonds. The molecule has 0 fully saturated rings. The molecule has 1 aromatic heterocycles. The molecule has 0 spiro atoms. The Hall–Kier alpha value is -2.34. The second-order valence-electron chi connectivity index (χ2n) is 5.10. The predicted molar refractivity (Wildman–Crippen MR) is 77.2 cm³/mol. The molecule has 1 aliphatic heterocycles. The van der Waals surface area contributed by atoms with E-state index < -0.39 is 5.97 Å². The van der Waals surface area contributed by atoms with Crippen molar-refractivity contribution in [2.24, 2.45) is 0 Å². The summed E-state index contributed by atoms with van der Waals surface area (Å²) < 4.78 is 5.22. The van der Waals surface area contributed by atoms with Crippen LogP contribution in [0.4, 0.5) is 0 Å². The van der Waals surface area contributed by atoms with E-state index in [2.05, 4.69) is 9.97 Å². The molecule has 1 aliphatic rings. The smallest absolute Gasteiger partial charge is 0.317 e. The van der Waals surface area contributed by atoms with Gasteiger partial charge in [-0.2, -0.15) is 0 Å². The summed E-state index contributed by atoms with van der Waals surface area (Å²) in [6, 6.07) is 7.72. The van der Waals surface area contributed by atoms with Crippen LogP contribution in [0.1, 0.15) is 11.4 Å². The molecule has 0 bridgehead atoms. The normalized spacial score (nSPS) is 14.7. The first-order chi connectivity index (χ1) is 10.2. The zero-order valence-electron chi connectivity index (χ0n) is 11.8. The SMILES string of the molecule is COc1cccc(-c2nc3c([nH]2)CN(CC(=O)O)CC3)c1. The van der Waals surface area contributed by atoms with Crippen LogP contribution in [0.3, 0.4) is 0 Å². The molecule has 6 nitrogen and oxygen atoms in total. The number of hydrogen-bond donors (Lipinski definition) is 2. The fourth-order valence-corrected chi connectivity index (χ4v) is 2.58. The quantitative estimate of drug-likeness (QED) is 0.891. The van der Waals surface area contributed by atoms with Gasteiger partial charge in [0.2, 0.25) is 0 Å². The van der Waals surface area contributed by atoms with Crippen LogP contribution in [-0.4, -0.2) is 46.1 Å². The highest BCUT2D eigenvalue weighted by molar-refractivity contribution is 5.69. The van der Waals surface area contributed by atoms with Gasteiger partial charge in [0.25, 0.3) is 0 Å². The van der Waals surface area contributed by atoms with Gasteiger partial charge in [-0.05, 0) is 12.1 Å². The van der Waals surface area contributed by atoms with Gasteiger partial charge in [-0.3, -0.25) is 9.69 Å². The van der Waals surface area contributed by atoms with Crippen LogP contribution in [0.5, 0.6) is 5.75 Å². The Morgan fingerprint density at radius 3 is 3.14 bits per heavy atom. The summed E-state index contributed by atoms with van der Waals surface area (Å²) in [5, 5.41) is 8.87. The summed E-state index contributed by atoms with van der Waals surface area (Å²) in [5.41, 5.74) is 2.99. The zero-order chi connectivity index (χ0) is 14.8. The van der Waals surface area contributed by atoms with Crippen molar-refractivity contribution >= 4 is 5.97 Å². The number of fused-ring (bicyclic) bond motifs is 1. The van der Waals surface area contributed by atoms with E-state index in [9.17, 15) is 4.79 Å². The predicted octanol–water partition coefficient (Wildman–Crippen LogP) is 1.53. The van der Waals surface area contributed by atoms with Crippen molar-refractivity contribution in [3.63, 3.8) is 0 Å². The van der Waals surface area contributed by atoms with Crippen LogP contribution in [0.15, 0.2) is 24.3 Å². The number of methoxy groups -OCH3 is 1. The summed E-state index contributed by atoms with van der Waals surface area (Å²) in [6.45, 7) is 1.38. The van der Waals surface area contributed by atoms with E-state index in [-0.39, 0.29) is 6.54 Å². The Kier molecular flexibility index (Phi) is 3.62. The zero-order valence-corrected chi connectivity index (χ0v) is 11.8. The molecule has 0 unspecified atom stereocenters. The number of aromatic amines is 1. The lowest BCUT2D eigenvalue weighted by Gasteiger charge is -2.23. The fraction of sp³-hybridized carbons (Fsp3) is 0.333. The minimum Gasteiger partial charge on any atom is -0.497 e. The molecule has 1 aromatic carbocycles. The molecule has 0 radical (unpaired) electrons. The fourth-order valence-electron chi connectivity index (χ4n) is 2.58. The molecule has 0 atom stereocenters. The highest BCUT2D eigenvalue weighted by Gasteiger charge is 2.21. The Morgan fingerprint density at radius 2 is 2.38 bits per heavy atom. The third-order valence-electron chi connectivity index (χ3n) is 3.61. The lowest BCUT2D eigenvalue weighted by molar-refractivity contribution is -0.138. The van der Waals surface area contributed by atoms with Gasteiger partial charge in [0.1, 0.15) is 11.6 Å². The third kappa shape index (κ3) is 2.90. The molecular weight excluding hydrogens is 270 g/mol. The number of H-pyrrole nitrogens is 1. The lowest BCUT2D eigenvalue weighted by Crippen LogP contribution is -2.34. The number of aliphatic carboxylic acids is 1. The number of imidazole rings is 1. The number of carboxylic acids is 1. The summed E-state index contributed by atoms with van der Waals surface area (Å²) in [7, 11) is 1.63. The number of aromatic nitrogens is 2. The van der Waals surface area contributed by atoms with E-state index in [0.29, 0.717) is 6.54 Å². The minimum absolute atomic E-state index is 0.0625. The molecule has 6 heteroatoms. The van der Waals surface area contributed by atoms with Crippen LogP contribution in [-0.2, 0) is 17.8 Å². The van der Waals surface area contributed by atoms with Crippen molar-refractivity contribution in [2.45, 2.75) is 13.0 Å². The summed E-state index contributed by atoms with van der Waals surface area (Å²) in [6.07, 6.45) is 0.767. The highest BCUT2D eigenvalue weighted by Crippen LogP contribution is 2.25. The van der Waals surface area contributed by atoms with Crippen LogP contribution in [0, 0.1) is 0 Å². The highest BCUT2D eigenvalue weighted by atomic mass is 16.5. The molecule has 2 heterocycles. The van der Waals surface area contributed by atoms with Crippen molar-refractivity contribution in [1.82, 2.24) is 14.9 Å². The van der Waals surface area contributed by atoms with Gasteiger partial charge < -0.3 is 14.8 Å². The van der Waals surface area contributed by atoms with E-state index in [0.717, 1.165) is 41.5 Å². The standard InChI is InChI=1S/C15H17N3O3/c1-21-11-4-2-3-10(7-11)15-16-12-5-6-18(9-14(19)20)8-13(12)17-15/h2-4,7H,5-6,8-9H2,1H3,(H,16,17)(H,19,20). The molecular formula is C15H17N3O3. The van der Waals surface area contributed by atoms with Gasteiger partial charge in [-0.25, -0.2) is 4.98 Å². The first-order valence-corrected chi connectivity index (χ1v) is 6.82. The van der Waals surface area contributed by atoms with E-state index in [1.807, 2.05) is 29.2 Å². The molecule has 3 rings (SSSR count). The first-order valence-electron chi connectivity index (χ1n) is 6.82. The molecule has 2 aromatic rings. The average molecular weight is 287 g/mol. The van der Waals surface area contributed by atoms with Crippen molar-refractivity contribution in [3.05, 3.63) is 35.7 Å². The van der Waals surface area contributed by atoms with Gasteiger partial charge >= 0.3 is 5.97 Å². The number of hydrogen-bond acceptors (Lipinski definition) is 4. The number of carboxylic acid groups (broad SMARTS) is 1. The van der Waals surface area contributed by atoms with Crippen LogP contribution in [0.2, 0.25) is 0 Å². The third-order valence-corrected chi connectivity index (χ3v) is 3.61. The number of benzene rings is 1. The van der Waals surface area contributed by atoms with Crippen molar-refractivity contribution < 1.29 is 14.6 Å². The molecule has 21 heavy (non-hydrogen) atoms. The number of ether oxygens (including phenoxy) is 1. The van der Waals surface area contributed by atoms with E-state index >= 15 is 0 Å². The Labute approximate surface area is 122 Å².